The molecule has 0 aliphatic heterocycles. The van der Waals surface area contributed by atoms with Gasteiger partial charge < -0.3 is 10.6 Å². The second kappa shape index (κ2) is 8.38. The topological polar surface area (TPSA) is 112 Å². The molecular formula is C17H21BrN8O2. The molecule has 0 aromatic carbocycles. The van der Waals surface area contributed by atoms with Gasteiger partial charge in [-0.2, -0.15) is 15.3 Å². The number of nitrogens with one attached hydrogen (secondary N) is 2. The molecule has 0 saturated carbocycles. The van der Waals surface area contributed by atoms with Crippen LogP contribution < -0.4 is 10.6 Å². The van der Waals surface area contributed by atoms with Gasteiger partial charge in [-0.15, -0.1) is 0 Å². The van der Waals surface area contributed by atoms with Crippen molar-refractivity contribution in [2.75, 3.05) is 5.32 Å². The lowest BCUT2D eigenvalue weighted by Gasteiger charge is -2.15. The molecule has 3 rings (SSSR count). The van der Waals surface area contributed by atoms with E-state index in [0.717, 1.165) is 10.0 Å². The van der Waals surface area contributed by atoms with E-state index in [1.807, 2.05) is 20.2 Å². The van der Waals surface area contributed by atoms with Crippen molar-refractivity contribution in [1.82, 2.24) is 34.7 Å². The van der Waals surface area contributed by atoms with Crippen LogP contribution >= 0.6 is 15.9 Å². The van der Waals surface area contributed by atoms with Crippen LogP contribution in [0, 0.1) is 0 Å². The van der Waals surface area contributed by atoms with Gasteiger partial charge in [-0.05, 0) is 22.4 Å². The number of carbonyl (C=O) groups is 2. The quantitative estimate of drug-likeness (QED) is 0.570. The summed E-state index contributed by atoms with van der Waals surface area (Å²) in [6, 6.07) is -0.502. The zero-order chi connectivity index (χ0) is 20.3. The van der Waals surface area contributed by atoms with Crippen molar-refractivity contribution >= 4 is 33.4 Å². The highest BCUT2D eigenvalue weighted by Gasteiger charge is 2.24. The zero-order valence-electron chi connectivity index (χ0n) is 15.8. The summed E-state index contributed by atoms with van der Waals surface area (Å²) in [6.07, 6.45) is 8.86. The number of amides is 2. The summed E-state index contributed by atoms with van der Waals surface area (Å²) in [7, 11) is 3.46. The Balaban J connectivity index is 1.72. The normalized spacial score (nSPS) is 12.0. The van der Waals surface area contributed by atoms with Gasteiger partial charge in [0.05, 0.1) is 28.8 Å². The predicted molar refractivity (Wildman–Crippen MR) is 105 cm³/mol. The van der Waals surface area contributed by atoms with Crippen LogP contribution in [0.5, 0.6) is 0 Å². The van der Waals surface area contributed by atoms with Crippen LogP contribution in [0.2, 0.25) is 0 Å². The Labute approximate surface area is 170 Å². The summed E-state index contributed by atoms with van der Waals surface area (Å²) in [6.45, 7) is 2.22. The van der Waals surface area contributed by atoms with Crippen LogP contribution in [0.4, 0.5) is 5.69 Å². The number of halogens is 1. The standard InChI is InChI=1S/C17H21BrN8O2/c1-4-14(26-10-12(18)7-22-26)16(27)23-13-8-21-25(3)15(13)17(28)19-5-11-6-20-24(2)9-11/h6-10,14H,4-5H2,1-3H3,(H,19,28)(H,23,27). The van der Waals surface area contributed by atoms with Crippen molar-refractivity contribution in [1.29, 1.82) is 0 Å². The van der Waals surface area contributed by atoms with Crippen LogP contribution in [0.15, 0.2) is 35.5 Å². The van der Waals surface area contributed by atoms with Crippen molar-refractivity contribution in [2.45, 2.75) is 25.9 Å². The Hall–Kier alpha value is -2.95. The van der Waals surface area contributed by atoms with E-state index in [9.17, 15) is 9.59 Å². The summed E-state index contributed by atoms with van der Waals surface area (Å²) in [4.78, 5) is 25.4. The van der Waals surface area contributed by atoms with E-state index in [-0.39, 0.29) is 17.5 Å². The Bertz CT molecular complexity index is 989. The average molecular weight is 449 g/mol. The summed E-state index contributed by atoms with van der Waals surface area (Å²) in [5, 5.41) is 18.0. The molecule has 3 heterocycles. The smallest absolute Gasteiger partial charge is 0.271 e. The van der Waals surface area contributed by atoms with E-state index >= 15 is 0 Å². The van der Waals surface area contributed by atoms with E-state index in [1.165, 1.54) is 10.9 Å². The maximum absolute atomic E-state index is 12.8. The monoisotopic (exact) mass is 448 g/mol. The summed E-state index contributed by atoms with van der Waals surface area (Å²) < 4.78 is 5.46. The van der Waals surface area contributed by atoms with Crippen LogP contribution in [-0.4, -0.2) is 41.2 Å². The maximum Gasteiger partial charge on any atom is 0.271 e. The first kappa shape index (κ1) is 19.8. The summed E-state index contributed by atoms with van der Waals surface area (Å²) in [5.41, 5.74) is 1.49. The molecule has 148 valence electrons. The molecule has 0 saturated heterocycles. The molecule has 0 fully saturated rings. The minimum Gasteiger partial charge on any atom is -0.346 e. The highest BCUT2D eigenvalue weighted by molar-refractivity contribution is 9.10. The van der Waals surface area contributed by atoms with Gasteiger partial charge in [0.25, 0.3) is 5.91 Å². The SMILES string of the molecule is CCC(C(=O)Nc1cnn(C)c1C(=O)NCc1cnn(C)c1)n1cc(Br)cn1. The number of anilines is 1. The fourth-order valence-corrected chi connectivity index (χ4v) is 3.12. The lowest BCUT2D eigenvalue weighted by atomic mass is 10.2. The first-order chi connectivity index (χ1) is 13.4. The molecule has 0 radical (unpaired) electrons. The Kier molecular flexibility index (Phi) is 5.93. The molecule has 0 aliphatic rings. The third-order valence-corrected chi connectivity index (χ3v) is 4.61. The van der Waals surface area contributed by atoms with E-state index < -0.39 is 6.04 Å². The molecule has 0 aliphatic carbocycles. The molecule has 11 heteroatoms. The average Bonchev–Trinajstić information content (AvgIpc) is 3.35. The number of nitrogens with zero attached hydrogens (tertiary/aromatic N) is 6. The Morgan fingerprint density at radius 3 is 2.54 bits per heavy atom. The van der Waals surface area contributed by atoms with Gasteiger partial charge in [-0.25, -0.2) is 0 Å². The molecule has 3 aromatic rings. The van der Waals surface area contributed by atoms with Gasteiger partial charge in [0.15, 0.2) is 0 Å². The molecule has 1 unspecified atom stereocenters. The number of aromatic nitrogens is 6. The Morgan fingerprint density at radius 1 is 1.14 bits per heavy atom. The molecule has 2 amide bonds. The number of rotatable bonds is 7. The second-order valence-corrected chi connectivity index (χ2v) is 7.20. The minimum atomic E-state index is -0.502. The van der Waals surface area contributed by atoms with Crippen molar-refractivity contribution in [3.8, 4) is 0 Å². The lowest BCUT2D eigenvalue weighted by Crippen LogP contribution is -2.29. The van der Waals surface area contributed by atoms with Crippen molar-refractivity contribution < 1.29 is 9.59 Å². The maximum atomic E-state index is 12.8. The number of carbonyl (C=O) groups excluding carboxylic acids is 2. The summed E-state index contributed by atoms with van der Waals surface area (Å²) >= 11 is 3.33. The molecule has 28 heavy (non-hydrogen) atoms. The van der Waals surface area contributed by atoms with E-state index in [2.05, 4.69) is 41.9 Å². The predicted octanol–water partition coefficient (Wildman–Crippen LogP) is 1.63. The third kappa shape index (κ3) is 4.30. The van der Waals surface area contributed by atoms with Gasteiger partial charge in [0.2, 0.25) is 5.91 Å². The van der Waals surface area contributed by atoms with Crippen LogP contribution in [0.1, 0.15) is 35.4 Å². The molecule has 3 aromatic heterocycles. The first-order valence-corrected chi connectivity index (χ1v) is 9.46. The van der Waals surface area contributed by atoms with Crippen LogP contribution in [0.25, 0.3) is 0 Å². The highest BCUT2D eigenvalue weighted by Crippen LogP contribution is 2.20. The fourth-order valence-electron chi connectivity index (χ4n) is 2.82. The van der Waals surface area contributed by atoms with Crippen LogP contribution in [-0.2, 0) is 25.4 Å². The Morgan fingerprint density at radius 2 is 1.93 bits per heavy atom. The van der Waals surface area contributed by atoms with Gasteiger partial charge >= 0.3 is 0 Å². The van der Waals surface area contributed by atoms with Gasteiger partial charge in [-0.1, -0.05) is 6.92 Å². The lowest BCUT2D eigenvalue weighted by molar-refractivity contribution is -0.119. The molecule has 1 atom stereocenters. The molecular weight excluding hydrogens is 428 g/mol. The fraction of sp³-hybridized carbons (Fsp3) is 0.353. The molecule has 2 N–H and O–H groups in total. The van der Waals surface area contributed by atoms with E-state index in [4.69, 9.17) is 0 Å². The summed E-state index contributed by atoms with van der Waals surface area (Å²) in [5.74, 6) is -0.610. The highest BCUT2D eigenvalue weighted by atomic mass is 79.9. The van der Waals surface area contributed by atoms with Crippen molar-refractivity contribution in [3.63, 3.8) is 0 Å². The van der Waals surface area contributed by atoms with E-state index in [1.54, 1.807) is 35.0 Å². The second-order valence-electron chi connectivity index (χ2n) is 6.29. The molecule has 10 nitrogen and oxygen atoms in total. The minimum absolute atomic E-state index is 0.271. The largest absolute Gasteiger partial charge is 0.346 e. The van der Waals surface area contributed by atoms with E-state index in [0.29, 0.717) is 18.7 Å². The van der Waals surface area contributed by atoms with Gasteiger partial charge in [-0.3, -0.25) is 23.6 Å². The molecule has 0 spiro atoms. The third-order valence-electron chi connectivity index (χ3n) is 4.20. The number of hydrogen-bond acceptors (Lipinski definition) is 5. The molecule has 0 bridgehead atoms. The van der Waals surface area contributed by atoms with Crippen molar-refractivity contribution in [3.05, 3.63) is 46.7 Å². The van der Waals surface area contributed by atoms with Crippen molar-refractivity contribution in [2.24, 2.45) is 14.1 Å². The van der Waals surface area contributed by atoms with Gasteiger partial charge in [0.1, 0.15) is 11.7 Å². The van der Waals surface area contributed by atoms with Gasteiger partial charge in [0, 0.05) is 38.6 Å². The first-order valence-electron chi connectivity index (χ1n) is 8.67. The number of aryl methyl sites for hydroxylation is 2. The zero-order valence-corrected chi connectivity index (χ0v) is 17.3. The number of hydrogen-bond donors (Lipinski definition) is 2. The van der Waals surface area contributed by atoms with Crippen LogP contribution in [0.3, 0.4) is 0 Å².